The maximum atomic E-state index is 12.9. The Hall–Kier alpha value is -3.15. The van der Waals surface area contributed by atoms with E-state index in [1.54, 1.807) is 32.5 Å². The topological polar surface area (TPSA) is 103 Å². The summed E-state index contributed by atoms with van der Waals surface area (Å²) in [6, 6.07) is 14.5. The summed E-state index contributed by atoms with van der Waals surface area (Å²) in [4.78, 5) is 5.11. The van der Waals surface area contributed by atoms with Crippen LogP contribution in [0.1, 0.15) is 35.0 Å². The lowest BCUT2D eigenvalue weighted by Crippen LogP contribution is -2.37. The predicted molar refractivity (Wildman–Crippen MR) is 128 cm³/mol. The molecule has 11 heteroatoms. The van der Waals surface area contributed by atoms with E-state index in [0.717, 1.165) is 40.5 Å². The molecule has 1 saturated heterocycles. The lowest BCUT2D eigenvalue weighted by Gasteiger charge is -2.30. The van der Waals surface area contributed by atoms with Crippen LogP contribution in [0.5, 0.6) is 5.75 Å². The highest BCUT2D eigenvalue weighted by Crippen LogP contribution is 2.32. The van der Waals surface area contributed by atoms with Gasteiger partial charge in [-0.05, 0) is 66.6 Å². The van der Waals surface area contributed by atoms with E-state index in [-0.39, 0.29) is 5.92 Å². The van der Waals surface area contributed by atoms with Crippen molar-refractivity contribution in [2.75, 3.05) is 13.1 Å². The largest absolute Gasteiger partial charge is 0.487 e. The minimum Gasteiger partial charge on any atom is -0.487 e. The van der Waals surface area contributed by atoms with Crippen LogP contribution in [0.4, 0.5) is 0 Å². The van der Waals surface area contributed by atoms with Gasteiger partial charge in [-0.1, -0.05) is 17.7 Å². The molecular formula is C23H24N6O3S2. The number of thiazole rings is 1. The first-order chi connectivity index (χ1) is 16.5. The molecule has 0 atom stereocenters. The van der Waals surface area contributed by atoms with Crippen LogP contribution in [-0.2, 0) is 16.6 Å². The molecule has 0 saturated carbocycles. The normalized spacial score (nSPS) is 15.4. The van der Waals surface area contributed by atoms with E-state index < -0.39 is 10.0 Å². The van der Waals surface area contributed by atoms with E-state index in [2.05, 4.69) is 15.5 Å². The average molecular weight is 497 g/mol. The Labute approximate surface area is 202 Å². The molecule has 9 nitrogen and oxygen atoms in total. The molecule has 0 bridgehead atoms. The van der Waals surface area contributed by atoms with E-state index in [0.29, 0.717) is 24.6 Å². The minimum absolute atomic E-state index is 0.263. The zero-order valence-corrected chi connectivity index (χ0v) is 20.2. The van der Waals surface area contributed by atoms with Crippen LogP contribution in [0.25, 0.3) is 5.69 Å². The van der Waals surface area contributed by atoms with E-state index >= 15 is 0 Å². The molecular weight excluding hydrogens is 472 g/mol. The Kier molecular flexibility index (Phi) is 6.40. The van der Waals surface area contributed by atoms with Gasteiger partial charge in [-0.2, -0.15) is 4.31 Å². The Morgan fingerprint density at radius 1 is 1.06 bits per heavy atom. The van der Waals surface area contributed by atoms with Gasteiger partial charge in [-0.15, -0.1) is 16.4 Å². The first kappa shape index (κ1) is 22.6. The minimum atomic E-state index is -3.45. The van der Waals surface area contributed by atoms with Gasteiger partial charge in [0.2, 0.25) is 10.0 Å². The molecule has 2 aromatic heterocycles. The monoisotopic (exact) mass is 496 g/mol. The SMILES string of the molecule is Cc1ccc(S(=O)(=O)N2CCC(c3nc(COc4ccc(-n5cnnn5)cc4)cs3)CC2)cc1. The van der Waals surface area contributed by atoms with Crippen molar-refractivity contribution >= 4 is 21.4 Å². The zero-order valence-electron chi connectivity index (χ0n) is 18.6. The summed E-state index contributed by atoms with van der Waals surface area (Å²) in [5.41, 5.74) is 2.77. The molecule has 2 aromatic carbocycles. The fraction of sp³-hybridized carbons (Fsp3) is 0.304. The van der Waals surface area contributed by atoms with Crippen LogP contribution in [0, 0.1) is 6.92 Å². The van der Waals surface area contributed by atoms with Gasteiger partial charge in [0.1, 0.15) is 18.7 Å². The van der Waals surface area contributed by atoms with Crippen molar-refractivity contribution in [3.63, 3.8) is 0 Å². The Balaban J connectivity index is 1.15. The lowest BCUT2D eigenvalue weighted by atomic mass is 9.99. The molecule has 0 N–H and O–H groups in total. The first-order valence-electron chi connectivity index (χ1n) is 11.0. The maximum Gasteiger partial charge on any atom is 0.243 e. The quantitative estimate of drug-likeness (QED) is 0.385. The maximum absolute atomic E-state index is 12.9. The van der Waals surface area contributed by atoms with Crippen molar-refractivity contribution in [2.45, 2.75) is 37.2 Å². The third-order valence-corrected chi connectivity index (χ3v) is 8.84. The van der Waals surface area contributed by atoms with E-state index in [4.69, 9.17) is 9.72 Å². The number of rotatable bonds is 7. The second-order valence-corrected chi connectivity index (χ2v) is 11.0. The third kappa shape index (κ3) is 4.86. The van der Waals surface area contributed by atoms with Crippen LogP contribution < -0.4 is 4.74 Å². The fourth-order valence-corrected chi connectivity index (χ4v) is 6.36. The van der Waals surface area contributed by atoms with Gasteiger partial charge in [-0.25, -0.2) is 18.1 Å². The average Bonchev–Trinajstić information content (AvgIpc) is 3.56. The van der Waals surface area contributed by atoms with Crippen LogP contribution in [0.15, 0.2) is 65.1 Å². The number of ether oxygens (including phenoxy) is 1. The number of nitrogens with zero attached hydrogens (tertiary/aromatic N) is 6. The molecule has 1 aliphatic rings. The van der Waals surface area contributed by atoms with Gasteiger partial charge in [0.05, 0.1) is 21.3 Å². The van der Waals surface area contributed by atoms with Gasteiger partial charge in [0, 0.05) is 24.4 Å². The number of sulfonamides is 1. The molecule has 0 aliphatic carbocycles. The number of aromatic nitrogens is 5. The van der Waals surface area contributed by atoms with Crippen LogP contribution in [0.2, 0.25) is 0 Å². The van der Waals surface area contributed by atoms with Crippen molar-refractivity contribution in [3.05, 3.63) is 76.5 Å². The summed E-state index contributed by atoms with van der Waals surface area (Å²) in [5.74, 6) is 1.000. The predicted octanol–water partition coefficient (Wildman–Crippen LogP) is 3.57. The Morgan fingerprint density at radius 2 is 1.79 bits per heavy atom. The highest BCUT2D eigenvalue weighted by Gasteiger charge is 2.31. The van der Waals surface area contributed by atoms with Crippen molar-refractivity contribution < 1.29 is 13.2 Å². The van der Waals surface area contributed by atoms with E-state index in [1.165, 1.54) is 6.33 Å². The Bertz CT molecular complexity index is 1330. The highest BCUT2D eigenvalue weighted by molar-refractivity contribution is 7.89. The second-order valence-electron chi connectivity index (χ2n) is 8.21. The Morgan fingerprint density at radius 3 is 2.47 bits per heavy atom. The third-order valence-electron chi connectivity index (χ3n) is 5.87. The molecule has 0 spiro atoms. The number of tetrazole rings is 1. The molecule has 4 aromatic rings. The molecule has 34 heavy (non-hydrogen) atoms. The van der Waals surface area contributed by atoms with Crippen molar-refractivity contribution in [1.29, 1.82) is 0 Å². The van der Waals surface area contributed by atoms with Crippen LogP contribution >= 0.6 is 11.3 Å². The van der Waals surface area contributed by atoms with Gasteiger partial charge in [0.15, 0.2) is 0 Å². The molecule has 0 radical (unpaired) electrons. The lowest BCUT2D eigenvalue weighted by molar-refractivity contribution is 0.299. The van der Waals surface area contributed by atoms with Gasteiger partial charge >= 0.3 is 0 Å². The highest BCUT2D eigenvalue weighted by atomic mass is 32.2. The number of piperidine rings is 1. The number of benzene rings is 2. The molecule has 0 unspecified atom stereocenters. The smallest absolute Gasteiger partial charge is 0.243 e. The summed E-state index contributed by atoms with van der Waals surface area (Å²) < 4.78 is 34.9. The fourth-order valence-electron chi connectivity index (χ4n) is 3.91. The van der Waals surface area contributed by atoms with Crippen LogP contribution in [-0.4, -0.2) is 51.0 Å². The van der Waals surface area contributed by atoms with Gasteiger partial charge in [0.25, 0.3) is 0 Å². The summed E-state index contributed by atoms with van der Waals surface area (Å²) >= 11 is 1.61. The summed E-state index contributed by atoms with van der Waals surface area (Å²) in [7, 11) is -3.45. The standard InChI is InChI=1S/C23H24N6O3S2/c1-17-2-8-22(9-3-17)34(30,31)28-12-10-18(11-13-28)23-25-19(15-33-23)14-32-21-6-4-20(5-7-21)29-16-24-26-27-29/h2-9,15-16,18H,10-14H2,1H3. The zero-order chi connectivity index (χ0) is 23.5. The summed E-state index contributed by atoms with van der Waals surface area (Å²) in [6.45, 7) is 3.32. The molecule has 3 heterocycles. The van der Waals surface area contributed by atoms with Gasteiger partial charge in [-0.3, -0.25) is 0 Å². The van der Waals surface area contributed by atoms with E-state index in [9.17, 15) is 8.42 Å². The first-order valence-corrected chi connectivity index (χ1v) is 13.3. The number of hydrogen-bond acceptors (Lipinski definition) is 8. The number of hydrogen-bond donors (Lipinski definition) is 0. The molecule has 1 fully saturated rings. The second kappa shape index (κ2) is 9.61. The van der Waals surface area contributed by atoms with Crippen molar-refractivity contribution in [1.82, 2.24) is 29.5 Å². The molecule has 176 valence electrons. The van der Waals surface area contributed by atoms with Crippen molar-refractivity contribution in [3.8, 4) is 11.4 Å². The van der Waals surface area contributed by atoms with Gasteiger partial charge < -0.3 is 4.74 Å². The van der Waals surface area contributed by atoms with E-state index in [1.807, 2.05) is 48.7 Å². The molecule has 5 rings (SSSR count). The summed E-state index contributed by atoms with van der Waals surface area (Å²) in [6.07, 6.45) is 3.06. The van der Waals surface area contributed by atoms with Crippen LogP contribution in [0.3, 0.4) is 0 Å². The van der Waals surface area contributed by atoms with Crippen molar-refractivity contribution in [2.24, 2.45) is 0 Å². The molecule has 0 amide bonds. The molecule has 1 aliphatic heterocycles. The number of aryl methyl sites for hydroxylation is 1. The summed E-state index contributed by atoms with van der Waals surface area (Å²) in [5, 5.41) is 14.2.